The molecular weight excluding hydrogens is 230 g/mol. The Morgan fingerprint density at radius 2 is 2.06 bits per heavy atom. The van der Waals surface area contributed by atoms with Crippen LogP contribution in [0.1, 0.15) is 45.4 Å². The Morgan fingerprint density at radius 1 is 1.24 bits per heavy atom. The molecule has 1 N–H and O–H groups in total. The lowest BCUT2D eigenvalue weighted by Gasteiger charge is -2.48. The van der Waals surface area contributed by atoms with Crippen LogP contribution in [0, 0.1) is 5.92 Å². The predicted octanol–water partition coefficient (Wildman–Crippen LogP) is 2.82. The highest BCUT2D eigenvalue weighted by atomic mass is 32.2. The minimum atomic E-state index is 0.158. The molecule has 0 amide bonds. The zero-order valence-corrected chi connectivity index (χ0v) is 11.7. The molecule has 1 spiro atoms. The fourth-order valence-corrected chi connectivity index (χ4v) is 5.49. The molecule has 0 aromatic heterocycles. The van der Waals surface area contributed by atoms with Crippen molar-refractivity contribution >= 4 is 11.8 Å². The largest absolute Gasteiger partial charge is 0.371 e. The fourth-order valence-electron chi connectivity index (χ4n) is 4.09. The zero-order chi connectivity index (χ0) is 11.7. The first kappa shape index (κ1) is 12.3. The average Bonchev–Trinajstić information content (AvgIpc) is 2.73. The molecule has 3 aliphatic rings. The molecule has 3 unspecified atom stereocenters. The lowest BCUT2D eigenvalue weighted by atomic mass is 9.73. The van der Waals surface area contributed by atoms with E-state index in [1.807, 2.05) is 0 Å². The summed E-state index contributed by atoms with van der Waals surface area (Å²) in [6, 6.07) is 0.626. The maximum Gasteiger partial charge on any atom is 0.0960 e. The molecule has 1 saturated carbocycles. The van der Waals surface area contributed by atoms with Gasteiger partial charge in [-0.15, -0.1) is 0 Å². The highest BCUT2D eigenvalue weighted by Gasteiger charge is 2.52. The van der Waals surface area contributed by atoms with E-state index in [9.17, 15) is 0 Å². The van der Waals surface area contributed by atoms with Gasteiger partial charge < -0.3 is 10.1 Å². The van der Waals surface area contributed by atoms with Crippen molar-refractivity contribution in [2.45, 2.75) is 62.3 Å². The maximum absolute atomic E-state index is 6.32. The van der Waals surface area contributed by atoms with Crippen LogP contribution in [-0.2, 0) is 4.74 Å². The van der Waals surface area contributed by atoms with Gasteiger partial charge in [-0.2, -0.15) is 11.8 Å². The van der Waals surface area contributed by atoms with Crippen molar-refractivity contribution in [3.63, 3.8) is 0 Å². The minimum absolute atomic E-state index is 0.158. The summed E-state index contributed by atoms with van der Waals surface area (Å²) in [6.07, 6.45) is 8.40. The van der Waals surface area contributed by atoms with Crippen molar-refractivity contribution in [2.24, 2.45) is 5.92 Å². The maximum atomic E-state index is 6.32. The lowest BCUT2D eigenvalue weighted by molar-refractivity contribution is -0.110. The van der Waals surface area contributed by atoms with Crippen molar-refractivity contribution in [1.29, 1.82) is 0 Å². The molecule has 1 aliphatic carbocycles. The van der Waals surface area contributed by atoms with Crippen LogP contribution in [0.3, 0.4) is 0 Å². The summed E-state index contributed by atoms with van der Waals surface area (Å²) in [7, 11) is 0. The van der Waals surface area contributed by atoms with Crippen LogP contribution in [0.5, 0.6) is 0 Å². The third-order valence-corrected chi connectivity index (χ3v) is 6.37. The topological polar surface area (TPSA) is 21.3 Å². The molecule has 3 fully saturated rings. The Bertz CT molecular complexity index is 267. The smallest absolute Gasteiger partial charge is 0.0960 e. The van der Waals surface area contributed by atoms with Crippen LogP contribution in [0.4, 0.5) is 0 Å². The first-order valence-electron chi connectivity index (χ1n) is 7.32. The molecule has 17 heavy (non-hydrogen) atoms. The summed E-state index contributed by atoms with van der Waals surface area (Å²) >= 11 is 2.11. The van der Waals surface area contributed by atoms with E-state index in [-0.39, 0.29) is 5.60 Å². The molecule has 0 bridgehead atoms. The van der Waals surface area contributed by atoms with Crippen molar-refractivity contribution in [3.05, 3.63) is 0 Å². The fraction of sp³-hybridized carbons (Fsp3) is 1.00. The standard InChI is InChI=1S/C14H25NOS/c1-11-14(7-10-17-11)13(15-8-9-16-14)12-5-3-2-4-6-12/h11-13,15H,2-10H2,1H3. The van der Waals surface area contributed by atoms with E-state index < -0.39 is 0 Å². The van der Waals surface area contributed by atoms with Gasteiger partial charge in [0.1, 0.15) is 0 Å². The minimum Gasteiger partial charge on any atom is -0.371 e. The Labute approximate surface area is 109 Å². The number of nitrogens with one attached hydrogen (secondary N) is 1. The van der Waals surface area contributed by atoms with E-state index in [1.165, 1.54) is 44.3 Å². The van der Waals surface area contributed by atoms with Crippen molar-refractivity contribution in [2.75, 3.05) is 18.9 Å². The summed E-state index contributed by atoms with van der Waals surface area (Å²) < 4.78 is 6.32. The van der Waals surface area contributed by atoms with Gasteiger partial charge in [0.05, 0.1) is 12.2 Å². The summed E-state index contributed by atoms with van der Waals surface area (Å²) in [5.74, 6) is 2.15. The third kappa shape index (κ3) is 2.15. The molecule has 2 saturated heterocycles. The van der Waals surface area contributed by atoms with Gasteiger partial charge in [0.25, 0.3) is 0 Å². The van der Waals surface area contributed by atoms with Gasteiger partial charge in [0.15, 0.2) is 0 Å². The van der Waals surface area contributed by atoms with E-state index in [0.29, 0.717) is 11.3 Å². The van der Waals surface area contributed by atoms with Gasteiger partial charge >= 0.3 is 0 Å². The Morgan fingerprint density at radius 3 is 2.76 bits per heavy atom. The molecule has 3 rings (SSSR count). The van der Waals surface area contributed by atoms with Crippen LogP contribution in [0.25, 0.3) is 0 Å². The van der Waals surface area contributed by atoms with Gasteiger partial charge in [-0.05, 0) is 30.9 Å². The van der Waals surface area contributed by atoms with Gasteiger partial charge in [-0.1, -0.05) is 26.2 Å². The van der Waals surface area contributed by atoms with E-state index in [1.54, 1.807) is 0 Å². The van der Waals surface area contributed by atoms with Crippen LogP contribution in [0.2, 0.25) is 0 Å². The van der Waals surface area contributed by atoms with E-state index in [0.717, 1.165) is 19.1 Å². The number of morpholine rings is 1. The van der Waals surface area contributed by atoms with Gasteiger partial charge in [-0.3, -0.25) is 0 Å². The molecule has 0 aromatic carbocycles. The van der Waals surface area contributed by atoms with E-state index >= 15 is 0 Å². The molecule has 2 aliphatic heterocycles. The normalized spacial score (nSPS) is 44.3. The predicted molar refractivity (Wildman–Crippen MR) is 73.6 cm³/mol. The monoisotopic (exact) mass is 255 g/mol. The number of rotatable bonds is 1. The molecule has 0 radical (unpaired) electrons. The Balaban J connectivity index is 1.79. The number of thioether (sulfide) groups is 1. The summed E-state index contributed by atoms with van der Waals surface area (Å²) in [5.41, 5.74) is 0.158. The SMILES string of the molecule is CC1SCCC12OCCNC2C1CCCCC1. The number of hydrogen-bond acceptors (Lipinski definition) is 3. The first-order valence-corrected chi connectivity index (χ1v) is 8.37. The quantitative estimate of drug-likeness (QED) is 0.778. The summed E-state index contributed by atoms with van der Waals surface area (Å²) in [6.45, 7) is 4.34. The lowest BCUT2D eigenvalue weighted by Crippen LogP contribution is -2.63. The number of ether oxygens (including phenoxy) is 1. The van der Waals surface area contributed by atoms with Gasteiger partial charge in [-0.25, -0.2) is 0 Å². The Kier molecular flexibility index (Phi) is 3.69. The Hall–Kier alpha value is 0.270. The van der Waals surface area contributed by atoms with Gasteiger partial charge in [0, 0.05) is 17.8 Å². The second-order valence-corrected chi connectivity index (χ2v) is 7.35. The molecule has 3 atom stereocenters. The second-order valence-electron chi connectivity index (χ2n) is 5.90. The molecule has 98 valence electrons. The van der Waals surface area contributed by atoms with Gasteiger partial charge in [0.2, 0.25) is 0 Å². The summed E-state index contributed by atoms with van der Waals surface area (Å²) in [4.78, 5) is 0. The molecular formula is C14H25NOS. The summed E-state index contributed by atoms with van der Waals surface area (Å²) in [5, 5.41) is 4.48. The molecule has 2 heterocycles. The molecule has 2 nitrogen and oxygen atoms in total. The first-order chi connectivity index (χ1) is 8.33. The number of hydrogen-bond donors (Lipinski definition) is 1. The highest BCUT2D eigenvalue weighted by Crippen LogP contribution is 2.46. The van der Waals surface area contributed by atoms with Crippen LogP contribution in [-0.4, -0.2) is 35.8 Å². The molecule has 0 aromatic rings. The molecule has 3 heteroatoms. The van der Waals surface area contributed by atoms with Crippen LogP contribution >= 0.6 is 11.8 Å². The highest BCUT2D eigenvalue weighted by molar-refractivity contribution is 8.00. The third-order valence-electron chi connectivity index (χ3n) is 5.03. The van der Waals surface area contributed by atoms with Crippen LogP contribution < -0.4 is 5.32 Å². The van der Waals surface area contributed by atoms with E-state index in [2.05, 4.69) is 24.0 Å². The van der Waals surface area contributed by atoms with Crippen LogP contribution in [0.15, 0.2) is 0 Å². The zero-order valence-electron chi connectivity index (χ0n) is 10.9. The van der Waals surface area contributed by atoms with Crippen molar-refractivity contribution in [1.82, 2.24) is 5.32 Å². The van der Waals surface area contributed by atoms with Crippen molar-refractivity contribution < 1.29 is 4.74 Å². The average molecular weight is 255 g/mol. The van der Waals surface area contributed by atoms with E-state index in [4.69, 9.17) is 4.74 Å². The van der Waals surface area contributed by atoms with Crippen molar-refractivity contribution in [3.8, 4) is 0 Å². The second kappa shape index (κ2) is 5.10.